The zero-order chi connectivity index (χ0) is 11.6. The summed E-state index contributed by atoms with van der Waals surface area (Å²) in [6, 6.07) is 0.615. The molecule has 94 valence electrons. The summed E-state index contributed by atoms with van der Waals surface area (Å²) in [6.45, 7) is 3.79. The van der Waals surface area contributed by atoms with Crippen molar-refractivity contribution in [2.45, 2.75) is 31.7 Å². The molecule has 0 aromatic heterocycles. The van der Waals surface area contributed by atoms with Crippen LogP contribution in [-0.4, -0.2) is 54.5 Å². The quantitative estimate of drug-likeness (QED) is 0.736. The van der Waals surface area contributed by atoms with Gasteiger partial charge in [-0.1, -0.05) is 15.9 Å². The summed E-state index contributed by atoms with van der Waals surface area (Å²) in [5.74, 6) is 0. The van der Waals surface area contributed by atoms with Gasteiger partial charge in [0.25, 0.3) is 0 Å². The molecule has 0 bridgehead atoms. The second kappa shape index (κ2) is 5.33. The highest BCUT2D eigenvalue weighted by Gasteiger charge is 2.30. The van der Waals surface area contributed by atoms with Crippen molar-refractivity contribution in [3.05, 3.63) is 0 Å². The molecule has 2 rings (SSSR count). The van der Waals surface area contributed by atoms with Crippen LogP contribution in [0.15, 0.2) is 0 Å². The van der Waals surface area contributed by atoms with Crippen LogP contribution in [0.3, 0.4) is 0 Å². The molecule has 0 saturated carbocycles. The Morgan fingerprint density at radius 3 is 2.12 bits per heavy atom. The molecule has 0 amide bonds. The molecule has 0 unspecified atom stereocenters. The Hall–Kier alpha value is 0.350. The molecule has 2 aliphatic rings. The summed E-state index contributed by atoms with van der Waals surface area (Å²) in [5, 5.41) is 0. The fraction of sp³-hybridized carbons (Fsp3) is 1.00. The standard InChI is InChI=1S/C10H19BrN2O2S/c11-9-16(14,15)13-7-3-10(4-8-13)12-5-1-2-6-12/h10H,1-9H2. The zero-order valence-corrected chi connectivity index (χ0v) is 11.8. The Morgan fingerprint density at radius 1 is 1.06 bits per heavy atom. The van der Waals surface area contributed by atoms with Crippen LogP contribution in [0.5, 0.6) is 0 Å². The van der Waals surface area contributed by atoms with Crippen molar-refractivity contribution < 1.29 is 8.42 Å². The van der Waals surface area contributed by atoms with Gasteiger partial charge < -0.3 is 4.90 Å². The first-order chi connectivity index (χ1) is 7.63. The molecule has 0 spiro atoms. The molecule has 0 aromatic rings. The van der Waals surface area contributed by atoms with Crippen LogP contribution >= 0.6 is 15.9 Å². The van der Waals surface area contributed by atoms with Crippen molar-refractivity contribution in [3.63, 3.8) is 0 Å². The normalized spacial score (nSPS) is 26.3. The number of likely N-dealkylation sites (tertiary alicyclic amines) is 1. The number of halogens is 1. The maximum Gasteiger partial charge on any atom is 0.224 e. The van der Waals surface area contributed by atoms with E-state index in [1.807, 2.05) is 0 Å². The molecule has 16 heavy (non-hydrogen) atoms. The summed E-state index contributed by atoms with van der Waals surface area (Å²) in [7, 11) is -3.04. The number of piperidine rings is 1. The lowest BCUT2D eigenvalue weighted by molar-refractivity contribution is 0.168. The third kappa shape index (κ3) is 2.78. The minimum absolute atomic E-state index is 0.0500. The minimum Gasteiger partial charge on any atom is -0.300 e. The largest absolute Gasteiger partial charge is 0.300 e. The van der Waals surface area contributed by atoms with Crippen molar-refractivity contribution in [1.29, 1.82) is 0 Å². The first-order valence-corrected chi connectivity index (χ1v) is 8.64. The van der Waals surface area contributed by atoms with Crippen molar-refractivity contribution >= 4 is 26.0 Å². The third-order valence-electron chi connectivity index (χ3n) is 3.61. The van der Waals surface area contributed by atoms with Crippen molar-refractivity contribution in [2.75, 3.05) is 30.8 Å². The zero-order valence-electron chi connectivity index (χ0n) is 9.44. The van der Waals surface area contributed by atoms with E-state index in [0.717, 1.165) is 12.8 Å². The van der Waals surface area contributed by atoms with Gasteiger partial charge in [-0.15, -0.1) is 0 Å². The van der Waals surface area contributed by atoms with Gasteiger partial charge in [0.2, 0.25) is 10.0 Å². The Balaban J connectivity index is 1.87. The van der Waals surface area contributed by atoms with Gasteiger partial charge in [-0.2, -0.15) is 0 Å². The van der Waals surface area contributed by atoms with Gasteiger partial charge in [-0.05, 0) is 38.8 Å². The minimum atomic E-state index is -3.04. The monoisotopic (exact) mass is 310 g/mol. The molecule has 0 aliphatic carbocycles. The van der Waals surface area contributed by atoms with Gasteiger partial charge in [0.05, 0.1) is 0 Å². The molecule has 2 heterocycles. The van der Waals surface area contributed by atoms with Crippen LogP contribution < -0.4 is 0 Å². The van der Waals surface area contributed by atoms with Gasteiger partial charge in [-0.3, -0.25) is 0 Å². The molecule has 4 nitrogen and oxygen atoms in total. The lowest BCUT2D eigenvalue weighted by atomic mass is 10.1. The summed E-state index contributed by atoms with van der Waals surface area (Å²) < 4.78 is 25.0. The van der Waals surface area contributed by atoms with E-state index in [9.17, 15) is 8.42 Å². The summed E-state index contributed by atoms with van der Waals surface area (Å²) in [5.41, 5.74) is 0. The topological polar surface area (TPSA) is 40.6 Å². The molecule has 0 atom stereocenters. The molecule has 0 aromatic carbocycles. The van der Waals surface area contributed by atoms with Gasteiger partial charge in [0, 0.05) is 19.1 Å². The molecule has 2 aliphatic heterocycles. The number of rotatable bonds is 3. The molecule has 6 heteroatoms. The molecule has 2 fully saturated rings. The lowest BCUT2D eigenvalue weighted by Gasteiger charge is -2.35. The predicted octanol–water partition coefficient (Wildman–Crippen LogP) is 1.23. The molecule has 2 saturated heterocycles. The highest BCUT2D eigenvalue weighted by atomic mass is 79.9. The smallest absolute Gasteiger partial charge is 0.224 e. The van der Waals surface area contributed by atoms with E-state index in [-0.39, 0.29) is 4.66 Å². The number of nitrogens with zero attached hydrogens (tertiary/aromatic N) is 2. The SMILES string of the molecule is O=S(=O)(CBr)N1CCC(N2CCCC2)CC1. The van der Waals surface area contributed by atoms with E-state index < -0.39 is 10.0 Å². The van der Waals surface area contributed by atoms with E-state index in [1.54, 1.807) is 4.31 Å². The van der Waals surface area contributed by atoms with E-state index in [1.165, 1.54) is 25.9 Å². The van der Waals surface area contributed by atoms with E-state index in [2.05, 4.69) is 20.8 Å². The summed E-state index contributed by atoms with van der Waals surface area (Å²) in [4.78, 5) is 2.53. The van der Waals surface area contributed by atoms with Crippen molar-refractivity contribution in [1.82, 2.24) is 9.21 Å². The first kappa shape index (κ1) is 12.8. The highest BCUT2D eigenvalue weighted by molar-refractivity contribution is 9.10. The highest BCUT2D eigenvalue weighted by Crippen LogP contribution is 2.22. The fourth-order valence-electron chi connectivity index (χ4n) is 2.66. The predicted molar refractivity (Wildman–Crippen MR) is 68.1 cm³/mol. The van der Waals surface area contributed by atoms with E-state index in [4.69, 9.17) is 0 Å². The van der Waals surface area contributed by atoms with E-state index in [0.29, 0.717) is 19.1 Å². The maximum absolute atomic E-state index is 11.6. The molecular formula is C10H19BrN2O2S. The third-order valence-corrected chi connectivity index (χ3v) is 6.78. The second-order valence-corrected chi connectivity index (χ2v) is 7.87. The Bertz CT molecular complexity index is 320. The van der Waals surface area contributed by atoms with Gasteiger partial charge in [0.1, 0.15) is 4.66 Å². The van der Waals surface area contributed by atoms with Gasteiger partial charge in [0.15, 0.2) is 0 Å². The number of alkyl halides is 1. The van der Waals surface area contributed by atoms with Crippen LogP contribution in [0.4, 0.5) is 0 Å². The Morgan fingerprint density at radius 2 is 1.62 bits per heavy atom. The second-order valence-electron chi connectivity index (χ2n) is 4.59. The summed E-state index contributed by atoms with van der Waals surface area (Å²) in [6.07, 6.45) is 4.60. The Labute approximate surface area is 106 Å². The Kier molecular flexibility index (Phi) is 4.26. The fourth-order valence-corrected chi connectivity index (χ4v) is 4.44. The van der Waals surface area contributed by atoms with E-state index >= 15 is 0 Å². The number of sulfonamides is 1. The van der Waals surface area contributed by atoms with Gasteiger partial charge in [-0.25, -0.2) is 12.7 Å². The molecule has 0 N–H and O–H groups in total. The number of hydrogen-bond donors (Lipinski definition) is 0. The van der Waals surface area contributed by atoms with Crippen LogP contribution in [0, 0.1) is 0 Å². The van der Waals surface area contributed by atoms with Crippen LogP contribution in [0.25, 0.3) is 0 Å². The van der Waals surface area contributed by atoms with Crippen LogP contribution in [-0.2, 0) is 10.0 Å². The van der Waals surface area contributed by atoms with Crippen molar-refractivity contribution in [3.8, 4) is 0 Å². The average molecular weight is 311 g/mol. The van der Waals surface area contributed by atoms with Crippen LogP contribution in [0.1, 0.15) is 25.7 Å². The van der Waals surface area contributed by atoms with Crippen molar-refractivity contribution in [2.24, 2.45) is 0 Å². The van der Waals surface area contributed by atoms with Crippen LogP contribution in [0.2, 0.25) is 0 Å². The van der Waals surface area contributed by atoms with Gasteiger partial charge >= 0.3 is 0 Å². The number of hydrogen-bond acceptors (Lipinski definition) is 3. The molecule has 0 radical (unpaired) electrons. The molecular weight excluding hydrogens is 292 g/mol. The summed E-state index contributed by atoms with van der Waals surface area (Å²) >= 11 is 3.05. The maximum atomic E-state index is 11.6. The first-order valence-electron chi connectivity index (χ1n) is 5.91. The lowest BCUT2D eigenvalue weighted by Crippen LogP contribution is -2.46. The average Bonchev–Trinajstić information content (AvgIpc) is 2.83.